The molecule has 9 heteroatoms. The highest BCUT2D eigenvalue weighted by molar-refractivity contribution is 7.89. The molecule has 0 saturated heterocycles. The molecule has 1 amide bonds. The van der Waals surface area contributed by atoms with Crippen LogP contribution < -0.4 is 5.32 Å². The number of halogens is 1. The summed E-state index contributed by atoms with van der Waals surface area (Å²) < 4.78 is 27.6. The third-order valence-electron chi connectivity index (χ3n) is 4.34. The van der Waals surface area contributed by atoms with Gasteiger partial charge in [-0.1, -0.05) is 11.6 Å². The summed E-state index contributed by atoms with van der Waals surface area (Å²) in [7, 11) is -2.22. The van der Waals surface area contributed by atoms with Gasteiger partial charge in [-0.25, -0.2) is 13.4 Å². The summed E-state index contributed by atoms with van der Waals surface area (Å²) >= 11 is 7.70. The standard InChI is InChI=1S/C19H20ClN3O3S2/c1-11(2)23(4)28(25,26)14-6-7-16(20)15(10-14)19(24)22-13-5-8-17-18(9-13)27-12(3)21-17/h5-11H,1-4H3,(H,22,24). The molecule has 0 radical (unpaired) electrons. The van der Waals surface area contributed by atoms with Crippen LogP contribution in [0.25, 0.3) is 10.2 Å². The number of aromatic nitrogens is 1. The summed E-state index contributed by atoms with van der Waals surface area (Å²) in [6.07, 6.45) is 0. The molecule has 2 aromatic carbocycles. The van der Waals surface area contributed by atoms with Crippen molar-refractivity contribution >= 4 is 54.8 Å². The van der Waals surface area contributed by atoms with Crippen LogP contribution in [0.4, 0.5) is 5.69 Å². The SMILES string of the molecule is Cc1nc2ccc(NC(=O)c3cc(S(=O)(=O)N(C)C(C)C)ccc3Cl)cc2s1. The number of amides is 1. The first-order valence-corrected chi connectivity index (χ1v) is 11.2. The largest absolute Gasteiger partial charge is 0.322 e. The number of thiazole rings is 1. The fourth-order valence-corrected chi connectivity index (χ4v) is 5.06. The van der Waals surface area contributed by atoms with Crippen molar-refractivity contribution in [1.29, 1.82) is 0 Å². The average molecular weight is 438 g/mol. The van der Waals surface area contributed by atoms with E-state index in [1.165, 1.54) is 40.9 Å². The summed E-state index contributed by atoms with van der Waals surface area (Å²) in [5.74, 6) is -0.477. The molecule has 3 aromatic rings. The minimum atomic E-state index is -3.72. The molecule has 1 N–H and O–H groups in total. The number of anilines is 1. The number of aryl methyl sites for hydroxylation is 1. The van der Waals surface area contributed by atoms with Crippen LogP contribution in [0.2, 0.25) is 5.02 Å². The zero-order valence-electron chi connectivity index (χ0n) is 15.9. The van der Waals surface area contributed by atoms with Crippen molar-refractivity contribution in [1.82, 2.24) is 9.29 Å². The second-order valence-corrected chi connectivity index (χ2v) is 10.3. The highest BCUT2D eigenvalue weighted by Gasteiger charge is 2.25. The molecule has 0 aliphatic carbocycles. The van der Waals surface area contributed by atoms with E-state index in [2.05, 4.69) is 10.3 Å². The molecule has 6 nitrogen and oxygen atoms in total. The van der Waals surface area contributed by atoms with Crippen molar-refractivity contribution in [3.05, 3.63) is 52.0 Å². The number of rotatable bonds is 5. The van der Waals surface area contributed by atoms with E-state index >= 15 is 0 Å². The van der Waals surface area contributed by atoms with Crippen LogP contribution in [0.15, 0.2) is 41.3 Å². The summed E-state index contributed by atoms with van der Waals surface area (Å²) in [4.78, 5) is 17.2. The summed E-state index contributed by atoms with van der Waals surface area (Å²) in [5, 5.41) is 3.90. The van der Waals surface area contributed by atoms with Gasteiger partial charge in [-0.05, 0) is 57.2 Å². The Morgan fingerprint density at radius 3 is 2.61 bits per heavy atom. The Morgan fingerprint density at radius 2 is 1.93 bits per heavy atom. The smallest absolute Gasteiger partial charge is 0.257 e. The van der Waals surface area contributed by atoms with E-state index < -0.39 is 15.9 Å². The lowest BCUT2D eigenvalue weighted by Gasteiger charge is -2.21. The molecule has 0 unspecified atom stereocenters. The van der Waals surface area contributed by atoms with E-state index in [0.717, 1.165) is 15.2 Å². The zero-order valence-corrected chi connectivity index (χ0v) is 18.2. The number of nitrogens with one attached hydrogen (secondary N) is 1. The van der Waals surface area contributed by atoms with Gasteiger partial charge in [-0.15, -0.1) is 11.3 Å². The number of carbonyl (C=O) groups is 1. The van der Waals surface area contributed by atoms with Crippen LogP contribution in [0.1, 0.15) is 29.2 Å². The van der Waals surface area contributed by atoms with E-state index in [4.69, 9.17) is 11.6 Å². The predicted molar refractivity (Wildman–Crippen MR) is 114 cm³/mol. The molecule has 0 aliphatic rings. The van der Waals surface area contributed by atoms with E-state index in [1.807, 2.05) is 19.1 Å². The first-order valence-electron chi connectivity index (χ1n) is 8.55. The minimum absolute atomic E-state index is 0.0202. The fourth-order valence-electron chi connectivity index (χ4n) is 2.60. The van der Waals surface area contributed by atoms with Crippen LogP contribution >= 0.6 is 22.9 Å². The third kappa shape index (κ3) is 4.05. The van der Waals surface area contributed by atoms with Crippen LogP contribution in [-0.2, 0) is 10.0 Å². The maximum atomic E-state index is 12.7. The van der Waals surface area contributed by atoms with E-state index in [0.29, 0.717) is 5.69 Å². The zero-order chi connectivity index (χ0) is 20.6. The Morgan fingerprint density at radius 1 is 1.21 bits per heavy atom. The summed E-state index contributed by atoms with van der Waals surface area (Å²) in [5.41, 5.74) is 1.55. The Labute approximate surface area is 173 Å². The van der Waals surface area contributed by atoms with Gasteiger partial charge in [-0.2, -0.15) is 4.31 Å². The molecule has 0 aliphatic heterocycles. The second-order valence-electron chi connectivity index (χ2n) is 6.63. The Bertz CT molecular complexity index is 1160. The van der Waals surface area contributed by atoms with Crippen LogP contribution in [-0.4, -0.2) is 36.7 Å². The van der Waals surface area contributed by atoms with Gasteiger partial charge in [0.2, 0.25) is 10.0 Å². The number of hydrogen-bond donors (Lipinski definition) is 1. The molecule has 0 spiro atoms. The fraction of sp³-hybridized carbons (Fsp3) is 0.263. The highest BCUT2D eigenvalue weighted by Crippen LogP contribution is 2.27. The molecular formula is C19H20ClN3O3S2. The highest BCUT2D eigenvalue weighted by atomic mass is 35.5. The first kappa shape index (κ1) is 20.7. The molecule has 0 atom stereocenters. The first-order chi connectivity index (χ1) is 13.1. The average Bonchev–Trinajstić information content (AvgIpc) is 3.00. The van der Waals surface area contributed by atoms with Gasteiger partial charge < -0.3 is 5.32 Å². The molecule has 0 fully saturated rings. The lowest BCUT2D eigenvalue weighted by Crippen LogP contribution is -2.33. The third-order valence-corrected chi connectivity index (χ3v) is 7.63. The summed E-state index contributed by atoms with van der Waals surface area (Å²) in [6.45, 7) is 5.47. The van der Waals surface area contributed by atoms with Crippen LogP contribution in [0.3, 0.4) is 0 Å². The van der Waals surface area contributed by atoms with E-state index in [1.54, 1.807) is 19.9 Å². The number of nitrogens with zero attached hydrogens (tertiary/aromatic N) is 2. The van der Waals surface area contributed by atoms with Gasteiger partial charge >= 0.3 is 0 Å². The normalized spacial score (nSPS) is 12.1. The minimum Gasteiger partial charge on any atom is -0.322 e. The van der Waals surface area contributed by atoms with Crippen molar-refractivity contribution in [2.24, 2.45) is 0 Å². The van der Waals surface area contributed by atoms with Crippen LogP contribution in [0, 0.1) is 6.92 Å². The van der Waals surface area contributed by atoms with Gasteiger partial charge in [-0.3, -0.25) is 4.79 Å². The monoisotopic (exact) mass is 437 g/mol. The molecular weight excluding hydrogens is 418 g/mol. The topological polar surface area (TPSA) is 79.4 Å². The second kappa shape index (κ2) is 7.79. The Balaban J connectivity index is 1.92. The quantitative estimate of drug-likeness (QED) is 0.635. The Hall–Kier alpha value is -2.00. The molecule has 0 saturated carbocycles. The number of carbonyl (C=O) groups excluding carboxylic acids is 1. The maximum absolute atomic E-state index is 12.7. The molecule has 148 valence electrons. The number of fused-ring (bicyclic) bond motifs is 1. The van der Waals surface area contributed by atoms with E-state index in [-0.39, 0.29) is 21.5 Å². The van der Waals surface area contributed by atoms with Crippen molar-refractivity contribution in [2.75, 3.05) is 12.4 Å². The number of benzene rings is 2. The lowest BCUT2D eigenvalue weighted by molar-refractivity contribution is 0.102. The predicted octanol–water partition coefficient (Wildman–Crippen LogP) is 4.54. The lowest BCUT2D eigenvalue weighted by atomic mass is 10.2. The van der Waals surface area contributed by atoms with Crippen molar-refractivity contribution in [3.8, 4) is 0 Å². The van der Waals surface area contributed by atoms with Gasteiger partial charge in [0, 0.05) is 18.8 Å². The molecule has 3 rings (SSSR count). The van der Waals surface area contributed by atoms with Gasteiger partial charge in [0.15, 0.2) is 0 Å². The van der Waals surface area contributed by atoms with Crippen molar-refractivity contribution in [3.63, 3.8) is 0 Å². The summed E-state index contributed by atoms with van der Waals surface area (Å²) in [6, 6.07) is 9.33. The number of hydrogen-bond acceptors (Lipinski definition) is 5. The molecule has 1 aromatic heterocycles. The van der Waals surface area contributed by atoms with E-state index in [9.17, 15) is 13.2 Å². The van der Waals surface area contributed by atoms with Crippen molar-refractivity contribution < 1.29 is 13.2 Å². The molecule has 0 bridgehead atoms. The number of sulfonamides is 1. The van der Waals surface area contributed by atoms with Gasteiger partial charge in [0.05, 0.1) is 30.7 Å². The van der Waals surface area contributed by atoms with Gasteiger partial charge in [0.25, 0.3) is 5.91 Å². The molecule has 1 heterocycles. The Kier molecular flexibility index (Phi) is 5.77. The van der Waals surface area contributed by atoms with Crippen molar-refractivity contribution in [2.45, 2.75) is 31.7 Å². The molecule has 28 heavy (non-hydrogen) atoms. The van der Waals surface area contributed by atoms with Crippen LogP contribution in [0.5, 0.6) is 0 Å². The van der Waals surface area contributed by atoms with Gasteiger partial charge in [0.1, 0.15) is 0 Å². The maximum Gasteiger partial charge on any atom is 0.257 e.